The molecule has 0 amide bonds. The first kappa shape index (κ1) is 28.9. The van der Waals surface area contributed by atoms with Gasteiger partial charge in [0.2, 0.25) is 0 Å². The summed E-state index contributed by atoms with van der Waals surface area (Å²) in [4.78, 5) is 47.7. The molecule has 0 aromatic rings. The summed E-state index contributed by atoms with van der Waals surface area (Å²) in [6.45, 7) is 11.1. The number of hydrogen-bond acceptors (Lipinski definition) is 7. The van der Waals surface area contributed by atoms with Crippen molar-refractivity contribution in [2.45, 2.75) is 118 Å². The number of hydrogen-bond donors (Lipinski definition) is 1. The second-order valence-electron chi connectivity index (χ2n) is 13.2. The highest BCUT2D eigenvalue weighted by atomic mass is 16.6. The number of carbonyl (C=O) groups excluding carboxylic acids is 3. The van der Waals surface area contributed by atoms with Crippen molar-refractivity contribution in [3.8, 4) is 0 Å². The molecule has 0 unspecified atom stereocenters. The molecule has 0 bridgehead atoms. The van der Waals surface area contributed by atoms with Crippen LogP contribution >= 0.6 is 0 Å². The Hall–Kier alpha value is -2.12. The van der Waals surface area contributed by atoms with Crippen molar-refractivity contribution in [1.29, 1.82) is 0 Å². The molecule has 4 fully saturated rings. The SMILES string of the molecule is CC(=O)O[C@H]1CC[C@@]2(C)[C@H](C1)C[C@@H](OC(C)=O)[C@@H]1[C@@H]2C[C@@H](OC(C)=O)[C@]2(C)[C@@H]([C@@H](C)CCC(=O)O)CC[C@@H]12. The van der Waals surface area contributed by atoms with E-state index in [2.05, 4.69) is 20.8 Å². The monoisotopic (exact) mass is 534 g/mol. The highest BCUT2D eigenvalue weighted by Gasteiger charge is 2.67. The zero-order chi connectivity index (χ0) is 28.0. The van der Waals surface area contributed by atoms with Crippen LogP contribution in [0.4, 0.5) is 0 Å². The van der Waals surface area contributed by atoms with Crippen molar-refractivity contribution in [3.05, 3.63) is 0 Å². The van der Waals surface area contributed by atoms with Gasteiger partial charge in [0.1, 0.15) is 18.3 Å². The summed E-state index contributed by atoms with van der Waals surface area (Å²) in [6, 6.07) is 0. The summed E-state index contributed by atoms with van der Waals surface area (Å²) in [5.74, 6) is -0.421. The maximum absolute atomic E-state index is 12.4. The Morgan fingerprint density at radius 2 is 1.53 bits per heavy atom. The van der Waals surface area contributed by atoms with Crippen molar-refractivity contribution in [2.75, 3.05) is 0 Å². The van der Waals surface area contributed by atoms with Crippen LogP contribution in [0.15, 0.2) is 0 Å². The molecule has 0 radical (unpaired) electrons. The molecule has 0 spiro atoms. The number of esters is 3. The summed E-state index contributed by atoms with van der Waals surface area (Å²) in [5, 5.41) is 9.31. The van der Waals surface area contributed by atoms with Gasteiger partial charge in [-0.05, 0) is 86.4 Å². The first-order valence-electron chi connectivity index (χ1n) is 14.5. The van der Waals surface area contributed by atoms with Crippen molar-refractivity contribution in [2.24, 2.45) is 46.3 Å². The fourth-order valence-corrected chi connectivity index (χ4v) is 9.67. The molecular formula is C30H46O8. The van der Waals surface area contributed by atoms with E-state index >= 15 is 0 Å². The van der Waals surface area contributed by atoms with Gasteiger partial charge in [0.15, 0.2) is 0 Å². The third-order valence-electron chi connectivity index (χ3n) is 11.2. The number of ether oxygens (including phenoxy) is 3. The van der Waals surface area contributed by atoms with Crippen molar-refractivity contribution in [1.82, 2.24) is 0 Å². The standard InChI is InChI=1S/C30H46O8/c1-16(7-10-27(34)35)22-8-9-23-28-24(15-26(30(22,23)6)38-19(4)33)29(5)12-11-21(36-17(2)31)13-20(29)14-25(28)37-18(3)32/h16,20-26,28H,7-15H2,1-6H3,(H,34,35)/t16-,20+,21-,22+,23-,24-,25+,26+,28-,29-,30+/m0/s1. The summed E-state index contributed by atoms with van der Waals surface area (Å²) in [5.41, 5.74) is -0.355. The van der Waals surface area contributed by atoms with Gasteiger partial charge in [-0.1, -0.05) is 20.8 Å². The van der Waals surface area contributed by atoms with Gasteiger partial charge >= 0.3 is 23.9 Å². The maximum atomic E-state index is 12.4. The van der Waals surface area contributed by atoms with Crippen LogP contribution in [0.1, 0.15) is 99.3 Å². The highest BCUT2D eigenvalue weighted by Crippen LogP contribution is 2.69. The van der Waals surface area contributed by atoms with Gasteiger partial charge in [-0.3, -0.25) is 19.2 Å². The zero-order valence-corrected chi connectivity index (χ0v) is 23.9. The van der Waals surface area contributed by atoms with Gasteiger partial charge in [-0.15, -0.1) is 0 Å². The fraction of sp³-hybridized carbons (Fsp3) is 0.867. The van der Waals surface area contributed by atoms with Crippen molar-refractivity contribution in [3.63, 3.8) is 0 Å². The summed E-state index contributed by atoms with van der Waals surface area (Å²) in [6.07, 6.45) is 5.93. The maximum Gasteiger partial charge on any atom is 0.303 e. The lowest BCUT2D eigenvalue weighted by Crippen LogP contribution is -2.63. The van der Waals surface area contributed by atoms with Gasteiger partial charge in [0, 0.05) is 38.5 Å². The highest BCUT2D eigenvalue weighted by molar-refractivity contribution is 5.67. The minimum absolute atomic E-state index is 0.0370. The van der Waals surface area contributed by atoms with E-state index in [0.29, 0.717) is 12.8 Å². The Kier molecular flexibility index (Phi) is 8.21. The Morgan fingerprint density at radius 1 is 0.868 bits per heavy atom. The number of carbonyl (C=O) groups is 4. The molecule has 4 rings (SSSR count). The molecule has 4 aliphatic rings. The zero-order valence-electron chi connectivity index (χ0n) is 23.9. The molecular weight excluding hydrogens is 488 g/mol. The number of fused-ring (bicyclic) bond motifs is 5. The van der Waals surface area contributed by atoms with E-state index in [-0.39, 0.29) is 89.0 Å². The minimum atomic E-state index is -0.790. The van der Waals surface area contributed by atoms with Crippen LogP contribution in [0.2, 0.25) is 0 Å². The third-order valence-corrected chi connectivity index (χ3v) is 11.2. The molecule has 0 heterocycles. The molecule has 0 saturated heterocycles. The Balaban J connectivity index is 1.71. The van der Waals surface area contributed by atoms with Gasteiger partial charge in [-0.25, -0.2) is 0 Å². The summed E-state index contributed by atoms with van der Waals surface area (Å²) < 4.78 is 17.8. The lowest BCUT2D eigenvalue weighted by Gasteiger charge is -2.64. The Morgan fingerprint density at radius 3 is 2.13 bits per heavy atom. The van der Waals surface area contributed by atoms with Gasteiger partial charge in [-0.2, -0.15) is 0 Å². The van der Waals surface area contributed by atoms with Crippen LogP contribution in [0, 0.1) is 46.3 Å². The van der Waals surface area contributed by atoms with Crippen molar-refractivity contribution < 1.29 is 38.5 Å². The second-order valence-corrected chi connectivity index (χ2v) is 13.2. The molecule has 0 aromatic carbocycles. The van der Waals surface area contributed by atoms with E-state index in [1.54, 1.807) is 0 Å². The smallest absolute Gasteiger partial charge is 0.303 e. The molecule has 0 aromatic heterocycles. The number of carboxylic acid groups (broad SMARTS) is 1. The molecule has 4 saturated carbocycles. The molecule has 214 valence electrons. The van der Waals surface area contributed by atoms with E-state index in [4.69, 9.17) is 14.2 Å². The van der Waals surface area contributed by atoms with Gasteiger partial charge in [0.25, 0.3) is 0 Å². The molecule has 38 heavy (non-hydrogen) atoms. The average molecular weight is 535 g/mol. The van der Waals surface area contributed by atoms with E-state index in [9.17, 15) is 24.3 Å². The predicted octanol–water partition coefficient (Wildman–Crippen LogP) is 5.16. The first-order valence-corrected chi connectivity index (χ1v) is 14.5. The molecule has 0 aliphatic heterocycles. The van der Waals surface area contributed by atoms with E-state index in [0.717, 1.165) is 38.5 Å². The predicted molar refractivity (Wildman–Crippen MR) is 139 cm³/mol. The number of aliphatic carboxylic acids is 1. The van der Waals surface area contributed by atoms with Crippen LogP contribution in [-0.4, -0.2) is 47.3 Å². The van der Waals surface area contributed by atoms with Gasteiger partial charge < -0.3 is 19.3 Å². The van der Waals surface area contributed by atoms with Crippen LogP contribution < -0.4 is 0 Å². The first-order chi connectivity index (χ1) is 17.8. The summed E-state index contributed by atoms with van der Waals surface area (Å²) in [7, 11) is 0. The van der Waals surface area contributed by atoms with Crippen LogP contribution in [0.3, 0.4) is 0 Å². The molecule has 8 heteroatoms. The van der Waals surface area contributed by atoms with E-state index < -0.39 is 5.97 Å². The lowest BCUT2D eigenvalue weighted by molar-refractivity contribution is -0.224. The normalized spacial score (nSPS) is 42.6. The topological polar surface area (TPSA) is 116 Å². The van der Waals surface area contributed by atoms with Crippen molar-refractivity contribution >= 4 is 23.9 Å². The van der Waals surface area contributed by atoms with E-state index in [1.165, 1.54) is 20.8 Å². The molecule has 11 atom stereocenters. The molecule has 4 aliphatic carbocycles. The quantitative estimate of drug-likeness (QED) is 0.352. The van der Waals surface area contributed by atoms with Crippen LogP contribution in [-0.2, 0) is 33.4 Å². The molecule has 8 nitrogen and oxygen atoms in total. The Bertz CT molecular complexity index is 947. The third kappa shape index (κ3) is 5.21. The van der Waals surface area contributed by atoms with Crippen LogP contribution in [0.25, 0.3) is 0 Å². The number of rotatable bonds is 7. The van der Waals surface area contributed by atoms with Gasteiger partial charge in [0.05, 0.1) is 0 Å². The number of carboxylic acids is 1. The fourth-order valence-electron chi connectivity index (χ4n) is 9.67. The average Bonchev–Trinajstić information content (AvgIpc) is 3.16. The van der Waals surface area contributed by atoms with E-state index in [1.807, 2.05) is 0 Å². The summed E-state index contributed by atoms with van der Waals surface area (Å²) >= 11 is 0. The largest absolute Gasteiger partial charge is 0.481 e. The second kappa shape index (κ2) is 10.8. The van der Waals surface area contributed by atoms with Crippen LogP contribution in [0.5, 0.6) is 0 Å². The lowest BCUT2D eigenvalue weighted by atomic mass is 9.43. The minimum Gasteiger partial charge on any atom is -0.481 e. The Labute approximate surface area is 226 Å². The molecule has 1 N–H and O–H groups in total.